The summed E-state index contributed by atoms with van der Waals surface area (Å²) in [4.78, 5) is 9.45. The van der Waals surface area contributed by atoms with E-state index in [4.69, 9.17) is 5.73 Å². The average Bonchev–Trinajstić information content (AvgIpc) is 2.76. The summed E-state index contributed by atoms with van der Waals surface area (Å²) < 4.78 is 13.4. The predicted octanol–water partition coefficient (Wildman–Crippen LogP) is 3.08. The number of aromatic nitrogens is 2. The van der Waals surface area contributed by atoms with Crippen LogP contribution >= 0.6 is 11.3 Å². The summed E-state index contributed by atoms with van der Waals surface area (Å²) in [5, 5.41) is 0.748. The lowest BCUT2D eigenvalue weighted by molar-refractivity contribution is 0.633. The lowest BCUT2D eigenvalue weighted by atomic mass is 10.2. The van der Waals surface area contributed by atoms with Crippen LogP contribution in [0.5, 0.6) is 0 Å². The van der Waals surface area contributed by atoms with E-state index in [9.17, 15) is 4.39 Å². The van der Waals surface area contributed by atoms with Crippen molar-refractivity contribution in [1.29, 1.82) is 0 Å². The molecule has 0 spiro atoms. The van der Waals surface area contributed by atoms with Crippen molar-refractivity contribution in [3.63, 3.8) is 0 Å². The Balaban J connectivity index is 2.17. The molecule has 1 aromatic carbocycles. The smallest absolute Gasteiger partial charge is 0.146 e. The molecule has 2 aromatic heterocycles. The molecule has 5 heteroatoms. The van der Waals surface area contributed by atoms with E-state index in [0.29, 0.717) is 0 Å². The van der Waals surface area contributed by atoms with E-state index in [-0.39, 0.29) is 5.69 Å². The summed E-state index contributed by atoms with van der Waals surface area (Å²) >= 11 is 1.44. The third-order valence-corrected chi connectivity index (χ3v) is 3.44. The number of benzene rings is 1. The summed E-state index contributed by atoms with van der Waals surface area (Å²) in [6, 6.07) is 8.42. The quantitative estimate of drug-likeness (QED) is 0.670. The van der Waals surface area contributed by atoms with Gasteiger partial charge in [-0.2, -0.15) is 0 Å². The number of halogens is 1. The van der Waals surface area contributed by atoms with Gasteiger partial charge in [0.25, 0.3) is 0 Å². The van der Waals surface area contributed by atoms with Crippen LogP contribution in [0.4, 0.5) is 10.1 Å². The topological polar surface area (TPSA) is 51.8 Å². The zero-order valence-corrected chi connectivity index (χ0v) is 9.54. The van der Waals surface area contributed by atoms with Gasteiger partial charge in [-0.3, -0.25) is 0 Å². The summed E-state index contributed by atoms with van der Waals surface area (Å²) in [7, 11) is 0. The Morgan fingerprint density at radius 1 is 1.24 bits per heavy atom. The molecular weight excluding hydrogens is 237 g/mol. The van der Waals surface area contributed by atoms with Gasteiger partial charge in [-0.25, -0.2) is 14.4 Å². The number of nitrogens with two attached hydrogens (primary N) is 1. The lowest BCUT2D eigenvalue weighted by Crippen LogP contribution is -1.90. The maximum absolute atomic E-state index is 13.4. The molecule has 3 rings (SSSR count). The fraction of sp³-hybridized carbons (Fsp3) is 0. The molecule has 17 heavy (non-hydrogen) atoms. The molecule has 0 aliphatic heterocycles. The monoisotopic (exact) mass is 245 g/mol. The minimum Gasteiger partial charge on any atom is -0.396 e. The minimum atomic E-state index is -0.422. The fourth-order valence-electron chi connectivity index (χ4n) is 1.55. The highest BCUT2D eigenvalue weighted by Crippen LogP contribution is 2.29. The van der Waals surface area contributed by atoms with Crippen LogP contribution in [0.1, 0.15) is 0 Å². The molecule has 0 aliphatic rings. The van der Waals surface area contributed by atoms with Crippen LogP contribution in [0, 0.1) is 5.82 Å². The van der Waals surface area contributed by atoms with Gasteiger partial charge in [0.2, 0.25) is 0 Å². The third-order valence-electron chi connectivity index (χ3n) is 2.41. The molecule has 0 unspecified atom stereocenters. The summed E-state index contributed by atoms with van der Waals surface area (Å²) in [5.74, 6) is -0.422. The standard InChI is InChI=1S/C12H8FN3S/c13-8-6-7(3-4-9(8)14)11-16-10-2-1-5-15-12(10)17-11/h1-6H,14H2. The molecule has 84 valence electrons. The van der Waals surface area contributed by atoms with Gasteiger partial charge in [0, 0.05) is 11.8 Å². The SMILES string of the molecule is Nc1ccc(-c2nc3cccnc3s2)cc1F. The molecule has 0 bridgehead atoms. The van der Waals surface area contributed by atoms with Crippen LogP contribution in [-0.4, -0.2) is 9.97 Å². The van der Waals surface area contributed by atoms with Gasteiger partial charge in [0.1, 0.15) is 21.2 Å². The summed E-state index contributed by atoms with van der Waals surface area (Å²) in [6.45, 7) is 0. The van der Waals surface area contributed by atoms with Crippen LogP contribution in [0.25, 0.3) is 20.9 Å². The van der Waals surface area contributed by atoms with E-state index in [1.807, 2.05) is 12.1 Å². The van der Waals surface area contributed by atoms with E-state index in [2.05, 4.69) is 9.97 Å². The molecule has 0 aliphatic carbocycles. The number of pyridine rings is 1. The number of nitrogen functional groups attached to an aromatic ring is 1. The maximum Gasteiger partial charge on any atom is 0.146 e. The van der Waals surface area contributed by atoms with E-state index >= 15 is 0 Å². The molecule has 3 nitrogen and oxygen atoms in total. The van der Waals surface area contributed by atoms with E-state index in [1.54, 1.807) is 18.3 Å². The van der Waals surface area contributed by atoms with Crippen molar-refractivity contribution in [3.8, 4) is 10.6 Å². The second-order valence-electron chi connectivity index (χ2n) is 3.58. The van der Waals surface area contributed by atoms with E-state index < -0.39 is 5.82 Å². The van der Waals surface area contributed by atoms with Crippen molar-refractivity contribution in [1.82, 2.24) is 9.97 Å². The van der Waals surface area contributed by atoms with E-state index in [1.165, 1.54) is 17.4 Å². The second-order valence-corrected chi connectivity index (χ2v) is 4.56. The first kappa shape index (κ1) is 10.2. The number of hydrogen-bond acceptors (Lipinski definition) is 4. The van der Waals surface area contributed by atoms with Gasteiger partial charge in [-0.05, 0) is 30.3 Å². The highest BCUT2D eigenvalue weighted by molar-refractivity contribution is 7.21. The van der Waals surface area contributed by atoms with Gasteiger partial charge in [-0.15, -0.1) is 0 Å². The number of nitrogens with zero attached hydrogens (tertiary/aromatic N) is 2. The first-order valence-corrected chi connectivity index (χ1v) is 5.82. The molecule has 0 fully saturated rings. The van der Waals surface area contributed by atoms with Crippen molar-refractivity contribution in [2.75, 3.05) is 5.73 Å². The van der Waals surface area contributed by atoms with Crippen LogP contribution in [0.2, 0.25) is 0 Å². The Bertz CT molecular complexity index is 660. The third kappa shape index (κ3) is 1.74. The van der Waals surface area contributed by atoms with E-state index in [0.717, 1.165) is 20.9 Å². The van der Waals surface area contributed by atoms with Gasteiger partial charge < -0.3 is 5.73 Å². The molecule has 0 radical (unpaired) electrons. The van der Waals surface area contributed by atoms with Crippen LogP contribution in [0.3, 0.4) is 0 Å². The Morgan fingerprint density at radius 2 is 2.12 bits per heavy atom. The number of thiazole rings is 1. The van der Waals surface area contributed by atoms with Crippen LogP contribution < -0.4 is 5.73 Å². The summed E-state index contributed by atoms with van der Waals surface area (Å²) in [5.41, 5.74) is 7.13. The number of fused-ring (bicyclic) bond motifs is 1. The van der Waals surface area contributed by atoms with Gasteiger partial charge in [-0.1, -0.05) is 11.3 Å². The van der Waals surface area contributed by atoms with Crippen LogP contribution in [0.15, 0.2) is 36.5 Å². The summed E-state index contributed by atoms with van der Waals surface area (Å²) in [6.07, 6.45) is 1.72. The van der Waals surface area contributed by atoms with Crippen molar-refractivity contribution < 1.29 is 4.39 Å². The zero-order valence-electron chi connectivity index (χ0n) is 8.72. The van der Waals surface area contributed by atoms with Crippen molar-refractivity contribution in [2.45, 2.75) is 0 Å². The predicted molar refractivity (Wildman–Crippen MR) is 67.2 cm³/mol. The number of rotatable bonds is 1. The lowest BCUT2D eigenvalue weighted by Gasteiger charge is -1.98. The second kappa shape index (κ2) is 3.78. The average molecular weight is 245 g/mol. The van der Waals surface area contributed by atoms with Gasteiger partial charge in [0.05, 0.1) is 5.69 Å². The van der Waals surface area contributed by atoms with Crippen molar-refractivity contribution >= 4 is 27.4 Å². The Kier molecular flexibility index (Phi) is 2.26. The molecule has 3 aromatic rings. The molecule has 2 N–H and O–H groups in total. The molecule has 2 heterocycles. The first-order chi connectivity index (χ1) is 8.24. The van der Waals surface area contributed by atoms with Crippen molar-refractivity contribution in [2.24, 2.45) is 0 Å². The highest BCUT2D eigenvalue weighted by atomic mass is 32.1. The highest BCUT2D eigenvalue weighted by Gasteiger charge is 2.08. The zero-order chi connectivity index (χ0) is 11.8. The molecule has 0 amide bonds. The van der Waals surface area contributed by atoms with Crippen LogP contribution in [-0.2, 0) is 0 Å². The van der Waals surface area contributed by atoms with Gasteiger partial charge in [0.15, 0.2) is 0 Å². The number of hydrogen-bond donors (Lipinski definition) is 1. The molecular formula is C12H8FN3S. The Morgan fingerprint density at radius 3 is 2.88 bits per heavy atom. The first-order valence-electron chi connectivity index (χ1n) is 5.01. The molecule has 0 saturated carbocycles. The largest absolute Gasteiger partial charge is 0.396 e. The molecule has 0 atom stereocenters. The Labute approximate surface area is 101 Å². The maximum atomic E-state index is 13.4. The Hall–Kier alpha value is -2.01. The van der Waals surface area contributed by atoms with Gasteiger partial charge >= 0.3 is 0 Å². The number of anilines is 1. The molecule has 0 saturated heterocycles. The van der Waals surface area contributed by atoms with Crippen molar-refractivity contribution in [3.05, 3.63) is 42.3 Å². The normalized spacial score (nSPS) is 10.9. The minimum absolute atomic E-state index is 0.146. The fourth-order valence-corrected chi connectivity index (χ4v) is 2.46.